The number of fused-ring (bicyclic) bond motifs is 1. The quantitative estimate of drug-likeness (QED) is 0.447. The standard InChI is InChI=1S/C26H32N6O/c1-19-30-31-24(32(19)2)17-27-25(29-22-13-16-33-23-12-7-6-11-21(22)23)28-18-26(14-8-15-26)20-9-4-3-5-10-20/h3-7,9-12,22H,8,13-18H2,1-2H3,(H2,27,28,29). The van der Waals surface area contributed by atoms with Crippen LogP contribution in [-0.2, 0) is 19.0 Å². The van der Waals surface area contributed by atoms with Crippen LogP contribution in [0.5, 0.6) is 5.75 Å². The fraction of sp³-hybridized carbons (Fsp3) is 0.423. The topological polar surface area (TPSA) is 76.4 Å². The molecule has 7 heteroatoms. The van der Waals surface area contributed by atoms with Crippen LogP contribution in [0.1, 0.15) is 54.5 Å². The van der Waals surface area contributed by atoms with Gasteiger partial charge < -0.3 is 19.9 Å². The third kappa shape index (κ3) is 4.45. The Hall–Kier alpha value is -3.35. The van der Waals surface area contributed by atoms with Crippen LogP contribution in [0.25, 0.3) is 0 Å². The molecule has 0 spiro atoms. The molecule has 1 fully saturated rings. The van der Waals surface area contributed by atoms with Crippen molar-refractivity contribution >= 4 is 5.96 Å². The molecule has 172 valence electrons. The number of guanidine groups is 1. The Labute approximate surface area is 195 Å². The van der Waals surface area contributed by atoms with Crippen molar-refractivity contribution < 1.29 is 4.74 Å². The molecular weight excluding hydrogens is 412 g/mol. The molecule has 1 aliphatic heterocycles. The van der Waals surface area contributed by atoms with Crippen LogP contribution in [0.4, 0.5) is 0 Å². The highest BCUT2D eigenvalue weighted by Gasteiger charge is 2.38. The molecule has 2 N–H and O–H groups in total. The van der Waals surface area contributed by atoms with Crippen LogP contribution in [0.3, 0.4) is 0 Å². The van der Waals surface area contributed by atoms with Crippen molar-refractivity contribution in [3.05, 3.63) is 77.4 Å². The van der Waals surface area contributed by atoms with Gasteiger partial charge in [-0.15, -0.1) is 10.2 Å². The van der Waals surface area contributed by atoms with Crippen molar-refractivity contribution in [2.45, 2.75) is 50.6 Å². The average Bonchev–Trinajstić information content (AvgIpc) is 3.15. The van der Waals surface area contributed by atoms with Gasteiger partial charge in [0.2, 0.25) is 0 Å². The van der Waals surface area contributed by atoms with E-state index in [-0.39, 0.29) is 11.5 Å². The van der Waals surface area contributed by atoms with E-state index in [4.69, 9.17) is 9.73 Å². The van der Waals surface area contributed by atoms with E-state index in [1.807, 2.05) is 30.7 Å². The fourth-order valence-electron chi connectivity index (χ4n) is 4.76. The number of aromatic nitrogens is 3. The number of nitrogens with one attached hydrogen (secondary N) is 2. The van der Waals surface area contributed by atoms with E-state index in [0.29, 0.717) is 13.2 Å². The third-order valence-electron chi connectivity index (χ3n) is 7.12. The average molecular weight is 445 g/mol. The monoisotopic (exact) mass is 444 g/mol. The lowest BCUT2D eigenvalue weighted by Gasteiger charge is -2.43. The Morgan fingerprint density at radius 3 is 2.64 bits per heavy atom. The first-order valence-corrected chi connectivity index (χ1v) is 11.8. The number of para-hydroxylation sites is 1. The Morgan fingerprint density at radius 1 is 1.12 bits per heavy atom. The number of benzene rings is 2. The molecule has 0 radical (unpaired) electrons. The highest BCUT2D eigenvalue weighted by molar-refractivity contribution is 5.80. The maximum Gasteiger partial charge on any atom is 0.192 e. The summed E-state index contributed by atoms with van der Waals surface area (Å²) in [6.45, 7) is 3.97. The van der Waals surface area contributed by atoms with E-state index in [2.05, 4.69) is 63.3 Å². The van der Waals surface area contributed by atoms with Crippen molar-refractivity contribution in [3.8, 4) is 5.75 Å². The van der Waals surface area contributed by atoms with Crippen LogP contribution < -0.4 is 15.4 Å². The van der Waals surface area contributed by atoms with Gasteiger partial charge in [0.25, 0.3) is 0 Å². The Kier molecular flexibility index (Phi) is 6.03. The molecule has 2 aliphatic rings. The molecule has 2 aromatic carbocycles. The summed E-state index contributed by atoms with van der Waals surface area (Å²) in [4.78, 5) is 4.92. The van der Waals surface area contributed by atoms with E-state index >= 15 is 0 Å². The number of rotatable bonds is 6. The van der Waals surface area contributed by atoms with Crippen molar-refractivity contribution in [2.24, 2.45) is 12.0 Å². The number of ether oxygens (including phenoxy) is 1. The molecule has 2 heterocycles. The van der Waals surface area contributed by atoms with Gasteiger partial charge in [0.1, 0.15) is 18.1 Å². The van der Waals surface area contributed by atoms with Gasteiger partial charge in [-0.05, 0) is 31.4 Å². The number of hydrogen-bond acceptors (Lipinski definition) is 4. The van der Waals surface area contributed by atoms with Crippen molar-refractivity contribution in [3.63, 3.8) is 0 Å². The zero-order valence-corrected chi connectivity index (χ0v) is 19.4. The summed E-state index contributed by atoms with van der Waals surface area (Å²) in [6.07, 6.45) is 4.55. The van der Waals surface area contributed by atoms with Crippen LogP contribution in [-0.4, -0.2) is 33.9 Å². The minimum atomic E-state index is 0.150. The lowest BCUT2D eigenvalue weighted by atomic mass is 9.64. The molecule has 7 nitrogen and oxygen atoms in total. The van der Waals surface area contributed by atoms with Crippen LogP contribution >= 0.6 is 0 Å². The van der Waals surface area contributed by atoms with Gasteiger partial charge in [0, 0.05) is 31.0 Å². The lowest BCUT2D eigenvalue weighted by Crippen LogP contribution is -2.49. The number of aliphatic imine (C=N–C) groups is 1. The first-order chi connectivity index (χ1) is 16.1. The summed E-state index contributed by atoms with van der Waals surface area (Å²) in [6, 6.07) is 19.3. The zero-order chi connectivity index (χ0) is 22.7. The van der Waals surface area contributed by atoms with Crippen molar-refractivity contribution in [1.29, 1.82) is 0 Å². The maximum absolute atomic E-state index is 5.86. The molecule has 1 atom stereocenters. The van der Waals surface area contributed by atoms with Gasteiger partial charge in [0.05, 0.1) is 12.6 Å². The minimum Gasteiger partial charge on any atom is -0.493 e. The van der Waals surface area contributed by atoms with Gasteiger partial charge >= 0.3 is 0 Å². The molecular formula is C26H32N6O. The first kappa shape index (κ1) is 21.5. The van der Waals surface area contributed by atoms with E-state index < -0.39 is 0 Å². The highest BCUT2D eigenvalue weighted by Crippen LogP contribution is 2.43. The van der Waals surface area contributed by atoms with Crippen LogP contribution in [0.15, 0.2) is 59.6 Å². The maximum atomic E-state index is 5.86. The molecule has 0 amide bonds. The van der Waals surface area contributed by atoms with Gasteiger partial charge in [-0.1, -0.05) is 55.0 Å². The van der Waals surface area contributed by atoms with Gasteiger partial charge in [-0.3, -0.25) is 0 Å². The van der Waals surface area contributed by atoms with E-state index in [0.717, 1.165) is 36.3 Å². The number of hydrogen-bond donors (Lipinski definition) is 2. The minimum absolute atomic E-state index is 0.150. The molecule has 3 aromatic rings. The summed E-state index contributed by atoms with van der Waals surface area (Å²) in [7, 11) is 1.98. The SMILES string of the molecule is Cc1nnc(CN=C(NCC2(c3ccccc3)CCC2)NC2CCOc3ccccc32)n1C. The highest BCUT2D eigenvalue weighted by atomic mass is 16.5. The summed E-state index contributed by atoms with van der Waals surface area (Å²) in [5.41, 5.74) is 2.75. The smallest absolute Gasteiger partial charge is 0.192 e. The Bertz CT molecular complexity index is 1120. The van der Waals surface area contributed by atoms with Gasteiger partial charge in [-0.25, -0.2) is 4.99 Å². The second-order valence-electron chi connectivity index (χ2n) is 9.11. The summed E-state index contributed by atoms with van der Waals surface area (Å²) in [5.74, 6) is 3.49. The van der Waals surface area contributed by atoms with E-state index in [9.17, 15) is 0 Å². The molecule has 1 saturated carbocycles. The second-order valence-corrected chi connectivity index (χ2v) is 9.11. The normalized spacial score (nSPS) is 19.2. The molecule has 1 aromatic heterocycles. The Morgan fingerprint density at radius 2 is 1.91 bits per heavy atom. The molecule has 0 bridgehead atoms. The summed E-state index contributed by atoms with van der Waals surface area (Å²) in [5, 5.41) is 15.8. The van der Waals surface area contributed by atoms with E-state index in [1.165, 1.54) is 30.4 Å². The molecule has 1 unspecified atom stereocenters. The lowest BCUT2D eigenvalue weighted by molar-refractivity contribution is 0.241. The van der Waals surface area contributed by atoms with Crippen molar-refractivity contribution in [1.82, 2.24) is 25.4 Å². The second kappa shape index (κ2) is 9.25. The predicted molar refractivity (Wildman–Crippen MR) is 129 cm³/mol. The molecule has 5 rings (SSSR count). The molecule has 0 saturated heterocycles. The van der Waals surface area contributed by atoms with Crippen LogP contribution in [0.2, 0.25) is 0 Å². The van der Waals surface area contributed by atoms with E-state index in [1.54, 1.807) is 0 Å². The summed E-state index contributed by atoms with van der Waals surface area (Å²) < 4.78 is 7.85. The molecule has 33 heavy (non-hydrogen) atoms. The molecule has 1 aliphatic carbocycles. The van der Waals surface area contributed by atoms with Gasteiger partial charge in [-0.2, -0.15) is 0 Å². The summed E-state index contributed by atoms with van der Waals surface area (Å²) >= 11 is 0. The van der Waals surface area contributed by atoms with Gasteiger partial charge in [0.15, 0.2) is 11.8 Å². The third-order valence-corrected chi connectivity index (χ3v) is 7.12. The number of aryl methyl sites for hydroxylation is 1. The largest absolute Gasteiger partial charge is 0.493 e. The fourth-order valence-corrected chi connectivity index (χ4v) is 4.76. The zero-order valence-electron chi connectivity index (χ0n) is 19.4. The van der Waals surface area contributed by atoms with Crippen LogP contribution in [0, 0.1) is 6.92 Å². The first-order valence-electron chi connectivity index (χ1n) is 11.8. The number of nitrogens with zero attached hydrogens (tertiary/aromatic N) is 4. The predicted octanol–water partition coefficient (Wildman–Crippen LogP) is 3.80. The van der Waals surface area contributed by atoms with Crippen molar-refractivity contribution in [2.75, 3.05) is 13.2 Å². The Balaban J connectivity index is 1.37.